The Balaban J connectivity index is 2.33. The lowest BCUT2D eigenvalue weighted by atomic mass is 9.73. The molecule has 1 aliphatic heterocycles. The largest absolute Gasteiger partial charge is 0.497 e. The van der Waals surface area contributed by atoms with Gasteiger partial charge in [0.15, 0.2) is 6.29 Å². The maximum Gasteiger partial charge on any atom is 0.185 e. The topological polar surface area (TPSA) is 27.7 Å². The summed E-state index contributed by atoms with van der Waals surface area (Å²) in [5.74, 6) is 2.04. The highest BCUT2D eigenvalue weighted by molar-refractivity contribution is 5.28. The average Bonchev–Trinajstić information content (AvgIpc) is 2.89. The van der Waals surface area contributed by atoms with Gasteiger partial charge in [0.1, 0.15) is 11.4 Å². The van der Waals surface area contributed by atoms with Gasteiger partial charge in [-0.15, -0.1) is 0 Å². The molecule has 1 aromatic rings. The first-order valence-electron chi connectivity index (χ1n) is 8.30. The van der Waals surface area contributed by atoms with Gasteiger partial charge in [0.05, 0.1) is 13.2 Å². The molecule has 3 nitrogen and oxygen atoms in total. The summed E-state index contributed by atoms with van der Waals surface area (Å²) in [6.45, 7) is 13.3. The fraction of sp³-hybridized carbons (Fsp3) is 0.684. The first kappa shape index (κ1) is 17.3. The quantitative estimate of drug-likeness (QED) is 0.781. The van der Waals surface area contributed by atoms with E-state index in [-0.39, 0.29) is 18.0 Å². The van der Waals surface area contributed by atoms with Gasteiger partial charge in [0.25, 0.3) is 0 Å². The molecule has 2 unspecified atom stereocenters. The number of ether oxygens (including phenoxy) is 3. The minimum atomic E-state index is -0.303. The summed E-state index contributed by atoms with van der Waals surface area (Å²) >= 11 is 0. The normalized spacial score (nSPS) is 24.5. The standard InChI is InChI=1S/C19H30O3/c1-12(2)17-19(13(3)4,14(5)6)22-18(21-17)15-8-10-16(20-7)11-9-15/h8-14,17-18H,1-7H3. The summed E-state index contributed by atoms with van der Waals surface area (Å²) in [5.41, 5.74) is 0.799. The van der Waals surface area contributed by atoms with Crippen LogP contribution in [0.5, 0.6) is 5.75 Å². The Bertz CT molecular complexity index is 468. The molecule has 0 amide bonds. The molecule has 1 aliphatic rings. The molecule has 22 heavy (non-hydrogen) atoms. The summed E-state index contributed by atoms with van der Waals surface area (Å²) < 4.78 is 18.1. The SMILES string of the molecule is COc1ccc(C2OC(C(C)C)C(C(C)C)(C(C)C)O2)cc1. The van der Waals surface area contributed by atoms with Crippen LogP contribution in [0, 0.1) is 17.8 Å². The van der Waals surface area contributed by atoms with Crippen molar-refractivity contribution in [2.24, 2.45) is 17.8 Å². The van der Waals surface area contributed by atoms with Crippen molar-refractivity contribution in [2.45, 2.75) is 59.5 Å². The van der Waals surface area contributed by atoms with Gasteiger partial charge < -0.3 is 14.2 Å². The Morgan fingerprint density at radius 3 is 1.86 bits per heavy atom. The molecule has 1 fully saturated rings. The van der Waals surface area contributed by atoms with Crippen LogP contribution < -0.4 is 4.74 Å². The molecular weight excluding hydrogens is 276 g/mol. The molecule has 0 spiro atoms. The molecule has 2 atom stereocenters. The summed E-state index contributed by atoms with van der Waals surface area (Å²) in [6, 6.07) is 7.96. The zero-order valence-corrected chi connectivity index (χ0v) is 14.9. The smallest absolute Gasteiger partial charge is 0.185 e. The number of benzene rings is 1. The second-order valence-electron chi connectivity index (χ2n) is 7.19. The molecule has 1 heterocycles. The summed E-state index contributed by atoms with van der Waals surface area (Å²) in [5, 5.41) is 0. The van der Waals surface area contributed by atoms with Gasteiger partial charge in [-0.05, 0) is 29.9 Å². The second-order valence-corrected chi connectivity index (χ2v) is 7.19. The molecule has 0 N–H and O–H groups in total. The Kier molecular flexibility index (Phi) is 5.18. The van der Waals surface area contributed by atoms with Crippen molar-refractivity contribution < 1.29 is 14.2 Å². The minimum Gasteiger partial charge on any atom is -0.497 e. The van der Waals surface area contributed by atoms with Crippen LogP contribution in [0.3, 0.4) is 0 Å². The Morgan fingerprint density at radius 1 is 0.955 bits per heavy atom. The lowest BCUT2D eigenvalue weighted by Gasteiger charge is -2.41. The summed E-state index contributed by atoms with van der Waals surface area (Å²) in [4.78, 5) is 0. The van der Waals surface area contributed by atoms with Crippen molar-refractivity contribution in [3.63, 3.8) is 0 Å². The number of methoxy groups -OCH3 is 1. The fourth-order valence-corrected chi connectivity index (χ4v) is 3.70. The van der Waals surface area contributed by atoms with E-state index >= 15 is 0 Å². The summed E-state index contributed by atoms with van der Waals surface area (Å²) in [7, 11) is 1.68. The Labute approximate surface area is 135 Å². The monoisotopic (exact) mass is 306 g/mol. The molecule has 0 aromatic heterocycles. The van der Waals surface area contributed by atoms with Gasteiger partial charge in [-0.25, -0.2) is 0 Å². The third kappa shape index (κ3) is 2.89. The van der Waals surface area contributed by atoms with E-state index < -0.39 is 0 Å². The highest BCUT2D eigenvalue weighted by Crippen LogP contribution is 2.49. The lowest BCUT2D eigenvalue weighted by molar-refractivity contribution is -0.126. The third-order valence-electron chi connectivity index (χ3n) is 4.82. The maximum absolute atomic E-state index is 6.54. The van der Waals surface area contributed by atoms with Crippen LogP contribution in [0.2, 0.25) is 0 Å². The van der Waals surface area contributed by atoms with E-state index in [2.05, 4.69) is 41.5 Å². The van der Waals surface area contributed by atoms with Gasteiger partial charge in [-0.3, -0.25) is 0 Å². The molecule has 0 aliphatic carbocycles. The fourth-order valence-electron chi connectivity index (χ4n) is 3.70. The maximum atomic E-state index is 6.54. The first-order chi connectivity index (χ1) is 10.3. The molecule has 0 saturated carbocycles. The minimum absolute atomic E-state index is 0.0969. The van der Waals surface area contributed by atoms with Gasteiger partial charge in [0.2, 0.25) is 0 Å². The van der Waals surface area contributed by atoms with Crippen LogP contribution >= 0.6 is 0 Å². The van der Waals surface area contributed by atoms with Gasteiger partial charge in [-0.2, -0.15) is 0 Å². The molecule has 1 aromatic carbocycles. The first-order valence-corrected chi connectivity index (χ1v) is 8.30. The van der Waals surface area contributed by atoms with E-state index in [1.807, 2.05) is 24.3 Å². The number of hydrogen-bond donors (Lipinski definition) is 0. The van der Waals surface area contributed by atoms with Gasteiger partial charge in [0, 0.05) is 5.56 Å². The highest BCUT2D eigenvalue weighted by atomic mass is 16.7. The zero-order valence-electron chi connectivity index (χ0n) is 14.9. The zero-order chi connectivity index (χ0) is 16.5. The van der Waals surface area contributed by atoms with Crippen LogP contribution in [0.15, 0.2) is 24.3 Å². The van der Waals surface area contributed by atoms with Crippen LogP contribution in [-0.2, 0) is 9.47 Å². The average molecular weight is 306 g/mol. The van der Waals surface area contributed by atoms with Crippen LogP contribution in [-0.4, -0.2) is 18.8 Å². The van der Waals surface area contributed by atoms with E-state index in [9.17, 15) is 0 Å². The molecule has 2 rings (SSSR count). The van der Waals surface area contributed by atoms with Crippen LogP contribution in [0.4, 0.5) is 0 Å². The van der Waals surface area contributed by atoms with Crippen molar-refractivity contribution in [3.05, 3.63) is 29.8 Å². The van der Waals surface area contributed by atoms with Gasteiger partial charge >= 0.3 is 0 Å². The van der Waals surface area contributed by atoms with Crippen molar-refractivity contribution in [1.82, 2.24) is 0 Å². The Hall–Kier alpha value is -1.06. The van der Waals surface area contributed by atoms with Crippen molar-refractivity contribution in [3.8, 4) is 5.75 Å². The molecule has 0 bridgehead atoms. The molecule has 0 radical (unpaired) electrons. The lowest BCUT2D eigenvalue weighted by Crippen LogP contribution is -2.51. The van der Waals surface area contributed by atoms with Gasteiger partial charge in [-0.1, -0.05) is 53.7 Å². The van der Waals surface area contributed by atoms with E-state index in [4.69, 9.17) is 14.2 Å². The second kappa shape index (κ2) is 6.59. The van der Waals surface area contributed by atoms with Crippen LogP contribution in [0.1, 0.15) is 53.4 Å². The number of hydrogen-bond acceptors (Lipinski definition) is 3. The van der Waals surface area contributed by atoms with E-state index in [1.54, 1.807) is 7.11 Å². The molecule has 3 heteroatoms. The van der Waals surface area contributed by atoms with E-state index in [1.165, 1.54) is 0 Å². The molecule has 124 valence electrons. The van der Waals surface area contributed by atoms with Crippen LogP contribution in [0.25, 0.3) is 0 Å². The van der Waals surface area contributed by atoms with E-state index in [0.29, 0.717) is 17.8 Å². The predicted molar refractivity (Wildman–Crippen MR) is 88.9 cm³/mol. The summed E-state index contributed by atoms with van der Waals surface area (Å²) in [6.07, 6.45) is -0.206. The van der Waals surface area contributed by atoms with Crippen molar-refractivity contribution in [1.29, 1.82) is 0 Å². The van der Waals surface area contributed by atoms with E-state index in [0.717, 1.165) is 11.3 Å². The van der Waals surface area contributed by atoms with Crippen molar-refractivity contribution >= 4 is 0 Å². The highest BCUT2D eigenvalue weighted by Gasteiger charge is 2.55. The Morgan fingerprint density at radius 2 is 1.50 bits per heavy atom. The number of rotatable bonds is 5. The van der Waals surface area contributed by atoms with Crippen molar-refractivity contribution in [2.75, 3.05) is 7.11 Å². The molecule has 1 saturated heterocycles. The third-order valence-corrected chi connectivity index (χ3v) is 4.82. The molecular formula is C19H30O3. The predicted octanol–water partition coefficient (Wildman–Crippen LogP) is 4.82.